The zero-order chi connectivity index (χ0) is 23.3. The Morgan fingerprint density at radius 1 is 1.09 bits per heavy atom. The maximum absolute atomic E-state index is 12.0. The summed E-state index contributed by atoms with van der Waals surface area (Å²) in [5.74, 6) is -0.327. The second-order valence-electron chi connectivity index (χ2n) is 7.99. The molecule has 0 radical (unpaired) electrons. The molecule has 3 N–H and O–H groups in total. The van der Waals surface area contributed by atoms with Crippen molar-refractivity contribution in [3.05, 3.63) is 47.5 Å². The maximum Gasteiger partial charge on any atom is 0.305 e. The molecule has 1 fully saturated rings. The van der Waals surface area contributed by atoms with Crippen LogP contribution in [-0.4, -0.2) is 54.3 Å². The van der Waals surface area contributed by atoms with Gasteiger partial charge in [0.05, 0.1) is 39.5 Å². The molecule has 2 aromatic carbocycles. The standard InChI is InChI=1S/C24H30O8/c1-4-5-22(27)31-13-17-23(16-7-9-19(26)21(11-16)30-3)32-14-24(17,28)12-15-6-8-18(25)20(10-15)29-2/h6-11,17,23,25-26,28H,4-5,12-14H2,1-3H3/t17-,23-,24+/m1/s1. The molecule has 0 unspecified atom stereocenters. The number of hydrogen-bond donors (Lipinski definition) is 3. The largest absolute Gasteiger partial charge is 0.504 e. The first-order valence-electron chi connectivity index (χ1n) is 10.5. The van der Waals surface area contributed by atoms with Crippen molar-refractivity contribution in [1.29, 1.82) is 0 Å². The highest BCUT2D eigenvalue weighted by Gasteiger charge is 2.50. The fraction of sp³-hybridized carbons (Fsp3) is 0.458. The van der Waals surface area contributed by atoms with Gasteiger partial charge in [0, 0.05) is 12.8 Å². The molecule has 8 nitrogen and oxygen atoms in total. The van der Waals surface area contributed by atoms with Gasteiger partial charge in [-0.3, -0.25) is 4.79 Å². The van der Waals surface area contributed by atoms with E-state index in [4.69, 9.17) is 18.9 Å². The minimum atomic E-state index is -1.34. The lowest BCUT2D eigenvalue weighted by Gasteiger charge is -2.30. The average molecular weight is 446 g/mol. The average Bonchev–Trinajstić information content (AvgIpc) is 3.10. The maximum atomic E-state index is 12.0. The Morgan fingerprint density at radius 2 is 1.75 bits per heavy atom. The van der Waals surface area contributed by atoms with Crippen molar-refractivity contribution < 1.29 is 39.1 Å². The predicted molar refractivity (Wildman–Crippen MR) is 116 cm³/mol. The van der Waals surface area contributed by atoms with Crippen LogP contribution in [0.4, 0.5) is 0 Å². The first-order valence-corrected chi connectivity index (χ1v) is 10.5. The number of benzene rings is 2. The van der Waals surface area contributed by atoms with Gasteiger partial charge >= 0.3 is 5.97 Å². The summed E-state index contributed by atoms with van der Waals surface area (Å²) in [6.07, 6.45) is 0.573. The molecule has 8 heteroatoms. The number of carbonyl (C=O) groups excluding carboxylic acids is 1. The third kappa shape index (κ3) is 5.08. The molecule has 0 spiro atoms. The Bertz CT molecular complexity index is 944. The summed E-state index contributed by atoms with van der Waals surface area (Å²) in [6.45, 7) is 1.87. The Kier molecular flexibility index (Phi) is 7.48. The van der Waals surface area contributed by atoms with E-state index >= 15 is 0 Å². The van der Waals surface area contributed by atoms with Gasteiger partial charge in [0.1, 0.15) is 5.60 Å². The van der Waals surface area contributed by atoms with E-state index in [2.05, 4.69) is 0 Å². The van der Waals surface area contributed by atoms with Crippen molar-refractivity contribution in [2.24, 2.45) is 5.92 Å². The first kappa shape index (κ1) is 23.7. The van der Waals surface area contributed by atoms with E-state index in [1.807, 2.05) is 6.92 Å². The number of hydrogen-bond acceptors (Lipinski definition) is 8. The number of methoxy groups -OCH3 is 2. The van der Waals surface area contributed by atoms with Gasteiger partial charge < -0.3 is 34.3 Å². The van der Waals surface area contributed by atoms with Crippen molar-refractivity contribution in [2.45, 2.75) is 37.9 Å². The molecule has 0 bridgehead atoms. The van der Waals surface area contributed by atoms with Gasteiger partial charge in [-0.2, -0.15) is 0 Å². The fourth-order valence-electron chi connectivity index (χ4n) is 4.01. The molecule has 3 rings (SSSR count). The van der Waals surface area contributed by atoms with Crippen molar-refractivity contribution >= 4 is 5.97 Å². The van der Waals surface area contributed by atoms with Crippen LogP contribution in [0.1, 0.15) is 37.0 Å². The summed E-state index contributed by atoms with van der Waals surface area (Å²) in [6, 6.07) is 9.71. The summed E-state index contributed by atoms with van der Waals surface area (Å²) >= 11 is 0. The second kappa shape index (κ2) is 10.1. The van der Waals surface area contributed by atoms with Crippen LogP contribution in [0, 0.1) is 5.92 Å². The van der Waals surface area contributed by atoms with Gasteiger partial charge in [-0.25, -0.2) is 0 Å². The lowest BCUT2D eigenvalue weighted by Crippen LogP contribution is -2.42. The van der Waals surface area contributed by atoms with Gasteiger partial charge in [0.2, 0.25) is 0 Å². The summed E-state index contributed by atoms with van der Waals surface area (Å²) in [5.41, 5.74) is 0.0829. The minimum Gasteiger partial charge on any atom is -0.504 e. The van der Waals surface area contributed by atoms with Crippen LogP contribution < -0.4 is 9.47 Å². The molecule has 3 atom stereocenters. The summed E-state index contributed by atoms with van der Waals surface area (Å²) < 4.78 is 21.8. The Labute approximate surface area is 187 Å². The van der Waals surface area contributed by atoms with E-state index in [0.717, 1.165) is 5.56 Å². The third-order valence-electron chi connectivity index (χ3n) is 5.73. The van der Waals surface area contributed by atoms with Crippen molar-refractivity contribution in [3.8, 4) is 23.0 Å². The molecule has 2 aromatic rings. The summed E-state index contributed by atoms with van der Waals surface area (Å²) in [4.78, 5) is 12.0. The monoisotopic (exact) mass is 446 g/mol. The number of rotatable bonds is 9. The molecule has 0 aromatic heterocycles. The van der Waals surface area contributed by atoms with Crippen molar-refractivity contribution in [2.75, 3.05) is 27.4 Å². The number of esters is 1. The number of carbonyl (C=O) groups is 1. The SMILES string of the molecule is CCCC(=O)OC[C@@H]1[C@@H](c2ccc(O)c(OC)c2)OC[C@@]1(O)Cc1ccc(O)c(OC)c1. The smallest absolute Gasteiger partial charge is 0.305 e. The van der Waals surface area contributed by atoms with Crippen LogP contribution >= 0.6 is 0 Å². The van der Waals surface area contributed by atoms with Gasteiger partial charge in [-0.05, 0) is 41.8 Å². The van der Waals surface area contributed by atoms with E-state index in [9.17, 15) is 20.1 Å². The zero-order valence-electron chi connectivity index (χ0n) is 18.5. The van der Waals surface area contributed by atoms with Gasteiger partial charge in [0.25, 0.3) is 0 Å². The molecule has 1 heterocycles. The van der Waals surface area contributed by atoms with E-state index in [1.165, 1.54) is 26.4 Å². The van der Waals surface area contributed by atoms with Crippen LogP contribution in [0.5, 0.6) is 23.0 Å². The van der Waals surface area contributed by atoms with E-state index in [1.54, 1.807) is 24.3 Å². The Morgan fingerprint density at radius 3 is 2.41 bits per heavy atom. The molecule has 1 aliphatic heterocycles. The van der Waals surface area contributed by atoms with Gasteiger partial charge in [-0.1, -0.05) is 19.1 Å². The van der Waals surface area contributed by atoms with Gasteiger partial charge in [-0.15, -0.1) is 0 Å². The number of aromatic hydroxyl groups is 2. The lowest BCUT2D eigenvalue weighted by molar-refractivity contribution is -0.147. The third-order valence-corrected chi connectivity index (χ3v) is 5.73. The molecule has 174 valence electrons. The second-order valence-corrected chi connectivity index (χ2v) is 7.99. The summed E-state index contributed by atoms with van der Waals surface area (Å²) in [5, 5.41) is 31.4. The normalized spacial score (nSPS) is 22.5. The molecular formula is C24H30O8. The zero-order valence-corrected chi connectivity index (χ0v) is 18.5. The summed E-state index contributed by atoms with van der Waals surface area (Å²) in [7, 11) is 2.91. The molecule has 0 saturated carbocycles. The number of phenols is 2. The van der Waals surface area contributed by atoms with E-state index in [0.29, 0.717) is 24.2 Å². The number of ether oxygens (including phenoxy) is 4. The van der Waals surface area contributed by atoms with E-state index < -0.39 is 17.6 Å². The number of aliphatic hydroxyl groups is 1. The van der Waals surface area contributed by atoms with Crippen LogP contribution in [0.2, 0.25) is 0 Å². The molecular weight excluding hydrogens is 416 g/mol. The minimum absolute atomic E-state index is 0.00465. The lowest BCUT2D eigenvalue weighted by atomic mass is 9.80. The van der Waals surface area contributed by atoms with Crippen LogP contribution in [0.25, 0.3) is 0 Å². The Hall–Kier alpha value is -2.97. The topological polar surface area (TPSA) is 115 Å². The highest BCUT2D eigenvalue weighted by atomic mass is 16.5. The van der Waals surface area contributed by atoms with Crippen LogP contribution in [-0.2, 0) is 20.7 Å². The Balaban J connectivity index is 1.90. The molecule has 0 amide bonds. The first-order chi connectivity index (χ1) is 15.3. The molecule has 32 heavy (non-hydrogen) atoms. The molecule has 0 aliphatic carbocycles. The fourth-order valence-corrected chi connectivity index (χ4v) is 4.01. The van der Waals surface area contributed by atoms with Crippen molar-refractivity contribution in [1.82, 2.24) is 0 Å². The highest BCUT2D eigenvalue weighted by molar-refractivity contribution is 5.69. The van der Waals surface area contributed by atoms with Crippen LogP contribution in [0.3, 0.4) is 0 Å². The molecule has 1 aliphatic rings. The van der Waals surface area contributed by atoms with Gasteiger partial charge in [0.15, 0.2) is 23.0 Å². The highest BCUT2D eigenvalue weighted by Crippen LogP contribution is 2.45. The van der Waals surface area contributed by atoms with Crippen LogP contribution in [0.15, 0.2) is 36.4 Å². The van der Waals surface area contributed by atoms with E-state index in [-0.39, 0.29) is 42.9 Å². The van der Waals surface area contributed by atoms with Crippen molar-refractivity contribution in [3.63, 3.8) is 0 Å². The molecule has 1 saturated heterocycles. The predicted octanol–water partition coefficient (Wildman–Crippen LogP) is 3.12. The number of phenolic OH excluding ortho intramolecular Hbond substituents is 2. The quantitative estimate of drug-likeness (QED) is 0.504.